The Hall–Kier alpha value is -1.88. The molecule has 0 radical (unpaired) electrons. The highest BCUT2D eigenvalue weighted by molar-refractivity contribution is 5.31. The molecule has 0 spiro atoms. The van der Waals surface area contributed by atoms with Gasteiger partial charge in [0.05, 0.1) is 0 Å². The standard InChI is InChI=1S/C16H22N4O/c1-18(2)9-5-10-20-16(21)19-11-8-13-6-3-4-7-14(13)12-15(19)17-20/h3-4,6-7H,5,8-12H2,1-2H3. The van der Waals surface area contributed by atoms with Crippen molar-refractivity contribution in [3.05, 3.63) is 51.7 Å². The molecular weight excluding hydrogens is 264 g/mol. The minimum Gasteiger partial charge on any atom is -0.309 e. The maximum Gasteiger partial charge on any atom is 0.345 e. The molecule has 2 aromatic rings. The zero-order valence-electron chi connectivity index (χ0n) is 12.7. The Morgan fingerprint density at radius 3 is 2.76 bits per heavy atom. The predicted octanol–water partition coefficient (Wildman–Crippen LogP) is 1.14. The van der Waals surface area contributed by atoms with Crippen LogP contribution in [0.25, 0.3) is 0 Å². The summed E-state index contributed by atoms with van der Waals surface area (Å²) in [5, 5.41) is 4.55. The highest BCUT2D eigenvalue weighted by Crippen LogP contribution is 2.17. The van der Waals surface area contributed by atoms with Gasteiger partial charge in [0.1, 0.15) is 5.82 Å². The molecule has 0 unspecified atom stereocenters. The van der Waals surface area contributed by atoms with E-state index in [0.717, 1.165) is 38.2 Å². The first kappa shape index (κ1) is 14.1. The average Bonchev–Trinajstić information content (AvgIpc) is 2.65. The monoisotopic (exact) mass is 286 g/mol. The van der Waals surface area contributed by atoms with Crippen LogP contribution in [0, 0.1) is 0 Å². The summed E-state index contributed by atoms with van der Waals surface area (Å²) in [5.41, 5.74) is 2.67. The fourth-order valence-electron chi connectivity index (χ4n) is 2.90. The lowest BCUT2D eigenvalue weighted by atomic mass is 10.0. The second kappa shape index (κ2) is 5.85. The molecule has 2 heterocycles. The van der Waals surface area contributed by atoms with Crippen LogP contribution in [0.3, 0.4) is 0 Å². The molecule has 0 fully saturated rings. The summed E-state index contributed by atoms with van der Waals surface area (Å²) >= 11 is 0. The second-order valence-electron chi connectivity index (χ2n) is 5.93. The molecule has 0 saturated heterocycles. The number of benzene rings is 1. The van der Waals surface area contributed by atoms with Crippen molar-refractivity contribution < 1.29 is 0 Å². The lowest BCUT2D eigenvalue weighted by Gasteiger charge is -2.08. The van der Waals surface area contributed by atoms with E-state index < -0.39 is 0 Å². The molecule has 5 heteroatoms. The average molecular weight is 286 g/mol. The molecule has 0 bridgehead atoms. The second-order valence-corrected chi connectivity index (χ2v) is 5.93. The summed E-state index contributed by atoms with van der Waals surface area (Å²) in [6.07, 6.45) is 2.61. The predicted molar refractivity (Wildman–Crippen MR) is 82.6 cm³/mol. The first-order valence-electron chi connectivity index (χ1n) is 7.53. The molecule has 1 aromatic heterocycles. The Kier molecular flexibility index (Phi) is 3.92. The SMILES string of the molecule is CN(C)CCCn1nc2n(c1=O)CCc1ccccc1C2. The smallest absolute Gasteiger partial charge is 0.309 e. The van der Waals surface area contributed by atoms with Gasteiger partial charge in [-0.2, -0.15) is 5.10 Å². The molecule has 0 saturated carbocycles. The van der Waals surface area contributed by atoms with Crippen LogP contribution in [0.1, 0.15) is 23.4 Å². The van der Waals surface area contributed by atoms with Crippen molar-refractivity contribution in [2.24, 2.45) is 0 Å². The third kappa shape index (κ3) is 2.93. The summed E-state index contributed by atoms with van der Waals surface area (Å²) in [7, 11) is 4.09. The minimum absolute atomic E-state index is 0.0385. The Morgan fingerprint density at radius 2 is 2.00 bits per heavy atom. The quantitative estimate of drug-likeness (QED) is 0.846. The van der Waals surface area contributed by atoms with E-state index in [0.29, 0.717) is 6.54 Å². The molecule has 0 atom stereocenters. The van der Waals surface area contributed by atoms with Crippen molar-refractivity contribution in [3.63, 3.8) is 0 Å². The minimum atomic E-state index is 0.0385. The molecule has 1 aromatic carbocycles. The van der Waals surface area contributed by atoms with Crippen LogP contribution in [0.2, 0.25) is 0 Å². The van der Waals surface area contributed by atoms with Crippen molar-refractivity contribution in [2.45, 2.75) is 32.4 Å². The van der Waals surface area contributed by atoms with E-state index in [1.165, 1.54) is 11.1 Å². The number of aryl methyl sites for hydroxylation is 2. The van der Waals surface area contributed by atoms with Gasteiger partial charge >= 0.3 is 5.69 Å². The lowest BCUT2D eigenvalue weighted by Crippen LogP contribution is -2.27. The van der Waals surface area contributed by atoms with Crippen molar-refractivity contribution in [2.75, 3.05) is 20.6 Å². The first-order valence-corrected chi connectivity index (χ1v) is 7.53. The zero-order valence-corrected chi connectivity index (χ0v) is 12.7. The molecule has 0 N–H and O–H groups in total. The number of hydrogen-bond donors (Lipinski definition) is 0. The van der Waals surface area contributed by atoms with Crippen molar-refractivity contribution in [3.8, 4) is 0 Å². The van der Waals surface area contributed by atoms with Crippen LogP contribution in [0.4, 0.5) is 0 Å². The van der Waals surface area contributed by atoms with Gasteiger partial charge in [0, 0.05) is 19.5 Å². The first-order chi connectivity index (χ1) is 10.1. The van der Waals surface area contributed by atoms with E-state index in [-0.39, 0.29) is 5.69 Å². The van der Waals surface area contributed by atoms with E-state index in [2.05, 4.69) is 34.3 Å². The van der Waals surface area contributed by atoms with Gasteiger partial charge in [-0.25, -0.2) is 9.48 Å². The number of rotatable bonds is 4. The van der Waals surface area contributed by atoms with Crippen LogP contribution < -0.4 is 5.69 Å². The van der Waals surface area contributed by atoms with E-state index >= 15 is 0 Å². The van der Waals surface area contributed by atoms with Crippen LogP contribution in [-0.2, 0) is 25.9 Å². The van der Waals surface area contributed by atoms with E-state index in [4.69, 9.17) is 0 Å². The Balaban J connectivity index is 1.83. The molecule has 3 rings (SSSR count). The molecule has 1 aliphatic rings. The number of aromatic nitrogens is 3. The van der Waals surface area contributed by atoms with Gasteiger partial charge < -0.3 is 4.90 Å². The highest BCUT2D eigenvalue weighted by atomic mass is 16.2. The van der Waals surface area contributed by atoms with Gasteiger partial charge in [0.15, 0.2) is 0 Å². The maximum absolute atomic E-state index is 12.4. The number of fused-ring (bicyclic) bond motifs is 2. The molecule has 21 heavy (non-hydrogen) atoms. The topological polar surface area (TPSA) is 43.1 Å². The van der Waals surface area contributed by atoms with Gasteiger partial charge in [-0.15, -0.1) is 0 Å². The summed E-state index contributed by atoms with van der Waals surface area (Å²) in [6, 6.07) is 8.41. The fraction of sp³-hybridized carbons (Fsp3) is 0.500. The van der Waals surface area contributed by atoms with Crippen LogP contribution in [0.5, 0.6) is 0 Å². The highest BCUT2D eigenvalue weighted by Gasteiger charge is 2.18. The van der Waals surface area contributed by atoms with Gasteiger partial charge in [0.25, 0.3) is 0 Å². The molecule has 0 aliphatic carbocycles. The van der Waals surface area contributed by atoms with E-state index in [9.17, 15) is 4.79 Å². The molecule has 112 valence electrons. The normalized spacial score (nSPS) is 13.9. The Bertz CT molecular complexity index is 684. The zero-order chi connectivity index (χ0) is 14.8. The third-order valence-electron chi connectivity index (χ3n) is 4.05. The Morgan fingerprint density at radius 1 is 1.24 bits per heavy atom. The van der Waals surface area contributed by atoms with Gasteiger partial charge in [-0.3, -0.25) is 4.57 Å². The van der Waals surface area contributed by atoms with Crippen molar-refractivity contribution in [1.82, 2.24) is 19.2 Å². The molecule has 0 amide bonds. The van der Waals surface area contributed by atoms with Crippen molar-refractivity contribution in [1.29, 1.82) is 0 Å². The summed E-state index contributed by atoms with van der Waals surface area (Å²) < 4.78 is 3.47. The van der Waals surface area contributed by atoms with E-state index in [1.807, 2.05) is 18.7 Å². The number of hydrogen-bond acceptors (Lipinski definition) is 3. The van der Waals surface area contributed by atoms with Crippen molar-refractivity contribution >= 4 is 0 Å². The largest absolute Gasteiger partial charge is 0.345 e. The maximum atomic E-state index is 12.4. The Labute approximate surface area is 124 Å². The van der Waals surface area contributed by atoms with Gasteiger partial charge in [-0.05, 0) is 44.6 Å². The third-order valence-corrected chi connectivity index (χ3v) is 4.05. The molecule has 5 nitrogen and oxygen atoms in total. The fourth-order valence-corrected chi connectivity index (χ4v) is 2.90. The molecular formula is C16H22N4O. The van der Waals surface area contributed by atoms with Crippen LogP contribution >= 0.6 is 0 Å². The van der Waals surface area contributed by atoms with Gasteiger partial charge in [0.2, 0.25) is 0 Å². The summed E-state index contributed by atoms with van der Waals surface area (Å²) in [6.45, 7) is 2.40. The summed E-state index contributed by atoms with van der Waals surface area (Å²) in [5.74, 6) is 0.898. The van der Waals surface area contributed by atoms with E-state index in [1.54, 1.807) is 4.68 Å². The summed E-state index contributed by atoms with van der Waals surface area (Å²) in [4.78, 5) is 14.6. The van der Waals surface area contributed by atoms with Crippen LogP contribution in [-0.4, -0.2) is 39.9 Å². The number of nitrogens with zero attached hydrogens (tertiary/aromatic N) is 4. The lowest BCUT2D eigenvalue weighted by molar-refractivity contribution is 0.377. The van der Waals surface area contributed by atoms with Crippen LogP contribution in [0.15, 0.2) is 29.1 Å². The molecule has 1 aliphatic heterocycles. The van der Waals surface area contributed by atoms with Gasteiger partial charge in [-0.1, -0.05) is 24.3 Å².